The van der Waals surface area contributed by atoms with E-state index in [2.05, 4.69) is 43.5 Å². The Morgan fingerprint density at radius 2 is 1.58 bits per heavy atom. The molecule has 1 saturated carbocycles. The van der Waals surface area contributed by atoms with Gasteiger partial charge in [-0.25, -0.2) is 0 Å². The molecule has 2 N–H and O–H groups in total. The van der Waals surface area contributed by atoms with E-state index < -0.39 is 0 Å². The summed E-state index contributed by atoms with van der Waals surface area (Å²) < 4.78 is 0. The number of pyridine rings is 1. The Labute approximate surface area is 112 Å². The van der Waals surface area contributed by atoms with E-state index in [1.165, 1.54) is 12.4 Å². The van der Waals surface area contributed by atoms with Crippen molar-refractivity contribution in [3.05, 3.63) is 30.1 Å². The first-order valence-corrected chi connectivity index (χ1v) is 6.28. The Balaban J connectivity index is 1.91. The molecular formula is C14H19N3O2. The highest BCUT2D eigenvalue weighted by Gasteiger charge is 2.68. The van der Waals surface area contributed by atoms with Crippen LogP contribution < -0.4 is 10.9 Å². The van der Waals surface area contributed by atoms with E-state index in [-0.39, 0.29) is 28.6 Å². The van der Waals surface area contributed by atoms with Crippen LogP contribution in [-0.4, -0.2) is 16.8 Å². The monoisotopic (exact) mass is 261 g/mol. The molecule has 2 amide bonds. The second-order valence-electron chi connectivity index (χ2n) is 6.06. The Kier molecular flexibility index (Phi) is 3.08. The van der Waals surface area contributed by atoms with Crippen LogP contribution in [0.5, 0.6) is 0 Å². The molecule has 0 aliphatic heterocycles. The standard InChI is InChI=1S/C14H19N3O2/c1-13(2)10(14(13,3)4)12(19)17-16-11(18)9-5-7-15-8-6-9/h5-8,10H,1-4H3,(H,16,18)(H,17,19). The van der Waals surface area contributed by atoms with Gasteiger partial charge >= 0.3 is 0 Å². The third-order valence-corrected chi connectivity index (χ3v) is 4.52. The third kappa shape index (κ3) is 2.20. The molecule has 0 unspecified atom stereocenters. The fourth-order valence-electron chi connectivity index (χ4n) is 2.62. The molecule has 1 aliphatic rings. The van der Waals surface area contributed by atoms with E-state index in [9.17, 15) is 9.59 Å². The van der Waals surface area contributed by atoms with Crippen LogP contribution in [0.4, 0.5) is 0 Å². The van der Waals surface area contributed by atoms with Crippen LogP contribution in [0.1, 0.15) is 38.1 Å². The van der Waals surface area contributed by atoms with Crippen LogP contribution in [0.2, 0.25) is 0 Å². The average Bonchev–Trinajstić information content (AvgIpc) is 2.77. The molecule has 0 radical (unpaired) electrons. The van der Waals surface area contributed by atoms with Gasteiger partial charge in [0, 0.05) is 18.0 Å². The van der Waals surface area contributed by atoms with E-state index in [1.54, 1.807) is 12.1 Å². The number of carbonyl (C=O) groups is 2. The molecule has 5 heteroatoms. The fraction of sp³-hybridized carbons (Fsp3) is 0.500. The third-order valence-electron chi connectivity index (χ3n) is 4.52. The largest absolute Gasteiger partial charge is 0.273 e. The molecule has 1 aromatic rings. The van der Waals surface area contributed by atoms with Crippen LogP contribution in [0.3, 0.4) is 0 Å². The highest BCUT2D eigenvalue weighted by atomic mass is 16.2. The van der Waals surface area contributed by atoms with Crippen molar-refractivity contribution in [1.82, 2.24) is 15.8 Å². The molecule has 5 nitrogen and oxygen atoms in total. The second-order valence-corrected chi connectivity index (χ2v) is 6.06. The minimum atomic E-state index is -0.341. The highest BCUT2D eigenvalue weighted by molar-refractivity contribution is 5.95. The molecule has 1 fully saturated rings. The Morgan fingerprint density at radius 1 is 1.05 bits per heavy atom. The topological polar surface area (TPSA) is 71.1 Å². The van der Waals surface area contributed by atoms with E-state index >= 15 is 0 Å². The van der Waals surface area contributed by atoms with E-state index in [4.69, 9.17) is 0 Å². The zero-order chi connectivity index (χ0) is 14.3. The van der Waals surface area contributed by atoms with E-state index in [0.717, 1.165) is 0 Å². The van der Waals surface area contributed by atoms with Gasteiger partial charge in [-0.2, -0.15) is 0 Å². The molecule has 0 spiro atoms. The number of nitrogens with one attached hydrogen (secondary N) is 2. The van der Waals surface area contributed by atoms with Gasteiger partial charge < -0.3 is 0 Å². The normalized spacial score (nSPS) is 19.6. The van der Waals surface area contributed by atoms with Gasteiger partial charge in [0.05, 0.1) is 5.92 Å². The predicted octanol–water partition coefficient (Wildman–Crippen LogP) is 1.52. The Hall–Kier alpha value is -1.91. The second kappa shape index (κ2) is 4.33. The number of hydrogen-bond donors (Lipinski definition) is 2. The van der Waals surface area contributed by atoms with Gasteiger partial charge in [-0.05, 0) is 23.0 Å². The maximum absolute atomic E-state index is 12.0. The van der Waals surface area contributed by atoms with Gasteiger partial charge in [-0.15, -0.1) is 0 Å². The minimum Gasteiger partial charge on any atom is -0.273 e. The predicted molar refractivity (Wildman–Crippen MR) is 70.9 cm³/mol. The van der Waals surface area contributed by atoms with Gasteiger partial charge in [0.15, 0.2) is 0 Å². The quantitative estimate of drug-likeness (QED) is 0.793. The first-order chi connectivity index (χ1) is 8.78. The summed E-state index contributed by atoms with van der Waals surface area (Å²) in [5, 5.41) is 0. The number of aromatic nitrogens is 1. The molecule has 102 valence electrons. The molecule has 1 aliphatic carbocycles. The molecule has 0 atom stereocenters. The maximum atomic E-state index is 12.0. The lowest BCUT2D eigenvalue weighted by Gasteiger charge is -2.08. The van der Waals surface area contributed by atoms with Crippen molar-refractivity contribution in [1.29, 1.82) is 0 Å². The zero-order valence-corrected chi connectivity index (χ0v) is 11.7. The Morgan fingerprint density at radius 3 is 2.05 bits per heavy atom. The van der Waals surface area contributed by atoms with Crippen molar-refractivity contribution < 1.29 is 9.59 Å². The van der Waals surface area contributed by atoms with E-state index in [1.807, 2.05) is 0 Å². The summed E-state index contributed by atoms with van der Waals surface area (Å²) in [7, 11) is 0. The summed E-state index contributed by atoms with van der Waals surface area (Å²) in [6.45, 7) is 8.23. The number of hydrazine groups is 1. The lowest BCUT2D eigenvalue weighted by Crippen LogP contribution is -2.43. The summed E-state index contributed by atoms with van der Waals surface area (Å²) in [5.41, 5.74) is 5.30. The number of carbonyl (C=O) groups excluding carboxylic acids is 2. The van der Waals surface area contributed by atoms with Gasteiger partial charge in [0.25, 0.3) is 5.91 Å². The molecule has 1 heterocycles. The van der Waals surface area contributed by atoms with E-state index in [0.29, 0.717) is 5.56 Å². The molecule has 1 aromatic heterocycles. The maximum Gasteiger partial charge on any atom is 0.269 e. The van der Waals surface area contributed by atoms with Crippen molar-refractivity contribution in [2.75, 3.05) is 0 Å². The molecule has 0 saturated heterocycles. The smallest absolute Gasteiger partial charge is 0.269 e. The fourth-order valence-corrected chi connectivity index (χ4v) is 2.62. The van der Waals surface area contributed by atoms with Crippen LogP contribution in [0.15, 0.2) is 24.5 Å². The van der Waals surface area contributed by atoms with Gasteiger partial charge in [0.1, 0.15) is 0 Å². The highest BCUT2D eigenvalue weighted by Crippen LogP contribution is 2.68. The van der Waals surface area contributed by atoms with Crippen molar-refractivity contribution in [3.63, 3.8) is 0 Å². The molecular weight excluding hydrogens is 242 g/mol. The minimum absolute atomic E-state index is 0.0432. The first-order valence-electron chi connectivity index (χ1n) is 6.28. The van der Waals surface area contributed by atoms with Crippen molar-refractivity contribution in [3.8, 4) is 0 Å². The number of amides is 2. The van der Waals surface area contributed by atoms with Crippen LogP contribution in [-0.2, 0) is 4.79 Å². The van der Waals surface area contributed by atoms with Crippen molar-refractivity contribution in [2.45, 2.75) is 27.7 Å². The number of hydrogen-bond acceptors (Lipinski definition) is 3. The zero-order valence-electron chi connectivity index (χ0n) is 11.7. The molecule has 0 bridgehead atoms. The first kappa shape index (κ1) is 13.5. The summed E-state index contributed by atoms with van der Waals surface area (Å²) in [6, 6.07) is 3.18. The summed E-state index contributed by atoms with van der Waals surface area (Å²) in [6.07, 6.45) is 3.06. The molecule has 19 heavy (non-hydrogen) atoms. The van der Waals surface area contributed by atoms with Crippen LogP contribution in [0, 0.1) is 16.7 Å². The summed E-state index contributed by atoms with van der Waals surface area (Å²) in [5.74, 6) is -0.567. The molecule has 0 aromatic carbocycles. The Bertz CT molecular complexity index is 495. The summed E-state index contributed by atoms with van der Waals surface area (Å²) >= 11 is 0. The van der Waals surface area contributed by atoms with Crippen LogP contribution >= 0.6 is 0 Å². The van der Waals surface area contributed by atoms with Gasteiger partial charge in [-0.1, -0.05) is 27.7 Å². The van der Waals surface area contributed by atoms with Gasteiger partial charge in [0.2, 0.25) is 5.91 Å². The lowest BCUT2D eigenvalue weighted by molar-refractivity contribution is -0.124. The lowest BCUT2D eigenvalue weighted by atomic mass is 10.0. The SMILES string of the molecule is CC1(C)C(C(=O)NNC(=O)c2ccncc2)C1(C)C. The molecule has 2 rings (SSSR count). The van der Waals surface area contributed by atoms with Gasteiger partial charge in [-0.3, -0.25) is 25.4 Å². The summed E-state index contributed by atoms with van der Waals surface area (Å²) in [4.78, 5) is 27.6. The average molecular weight is 261 g/mol. The van der Waals surface area contributed by atoms with Crippen molar-refractivity contribution in [2.24, 2.45) is 16.7 Å². The van der Waals surface area contributed by atoms with Crippen LogP contribution in [0.25, 0.3) is 0 Å². The van der Waals surface area contributed by atoms with Crippen molar-refractivity contribution >= 4 is 11.8 Å². The number of rotatable bonds is 2. The number of nitrogens with zero attached hydrogens (tertiary/aromatic N) is 1.